The Kier molecular flexibility index (Phi) is 41.2. The minimum absolute atomic E-state index is 0.0538. The van der Waals surface area contributed by atoms with Gasteiger partial charge in [0.25, 0.3) is 0 Å². The summed E-state index contributed by atoms with van der Waals surface area (Å²) >= 11 is 29.6. The van der Waals surface area contributed by atoms with Gasteiger partial charge in [-0.25, -0.2) is 45.9 Å². The van der Waals surface area contributed by atoms with Crippen LogP contribution in [0.15, 0.2) is 136 Å². The number of carbonyl (C=O) groups excluding carboxylic acids is 5. The average molecular weight is 2280 g/mol. The van der Waals surface area contributed by atoms with Gasteiger partial charge in [-0.1, -0.05) is 46.4 Å². The Bertz CT molecular complexity index is 5490. The number of nitrogens with zero attached hydrogens (tertiary/aromatic N) is 5. The molecule has 5 amide bonds. The Hall–Kier alpha value is -8.58. The van der Waals surface area contributed by atoms with Crippen LogP contribution in [0.5, 0.6) is 28.7 Å². The normalized spacial score (nSPS) is 19.2. The Labute approximate surface area is 904 Å². The van der Waals surface area contributed by atoms with Crippen LogP contribution in [0.2, 0.25) is 20.1 Å². The van der Waals surface area contributed by atoms with Crippen molar-refractivity contribution in [2.24, 2.45) is 0 Å². The van der Waals surface area contributed by atoms with E-state index in [-0.39, 0.29) is 100 Å². The Morgan fingerprint density at radius 1 is 0.338 bits per heavy atom. The highest BCUT2D eigenvalue weighted by Crippen LogP contribution is 2.47. The van der Waals surface area contributed by atoms with Gasteiger partial charge in [-0.3, -0.25) is 0 Å². The highest BCUT2D eigenvalue weighted by molar-refractivity contribution is 9.10. The van der Waals surface area contributed by atoms with Crippen molar-refractivity contribution in [2.75, 3.05) is 119 Å². The second-order valence-electron chi connectivity index (χ2n) is 44.8. The molecular weight excluding hydrogens is 2130 g/mol. The van der Waals surface area contributed by atoms with Crippen LogP contribution in [0.1, 0.15) is 222 Å². The predicted molar refractivity (Wildman–Crippen MR) is 569 cm³/mol. The molecule has 0 aromatic heterocycles. The summed E-state index contributed by atoms with van der Waals surface area (Å²) in [5.41, 5.74) is 0.171. The first-order chi connectivity index (χ1) is 69.2. The molecule has 0 saturated carbocycles. The number of hydrogen-bond donors (Lipinski definition) is 4. The summed E-state index contributed by atoms with van der Waals surface area (Å²) in [5, 5.41) is 30.7. The molecule has 19 rings (SSSR count). The average Bonchev–Trinajstić information content (AvgIpc) is 1.49. The quantitative estimate of drug-likeness (QED) is 0.0521. The topological polar surface area (TPSA) is 283 Å². The zero-order valence-electron chi connectivity index (χ0n) is 88.1. The van der Waals surface area contributed by atoms with Crippen LogP contribution in [-0.2, 0) is 65.3 Å². The first kappa shape index (κ1) is 120. The van der Waals surface area contributed by atoms with Crippen LogP contribution in [0.3, 0.4) is 0 Å². The molecule has 12 aliphatic rings. The zero-order valence-corrected chi connectivity index (χ0v) is 94.3. The molecule has 0 bridgehead atoms. The number of carbonyl (C=O) groups is 5. The minimum atomic E-state index is -1.04. The lowest BCUT2D eigenvalue weighted by atomic mass is 9.85. The molecule has 9 fully saturated rings. The Morgan fingerprint density at radius 2 is 0.615 bits per heavy atom. The number of fused-ring (bicyclic) bond motifs is 3. The number of likely N-dealkylation sites (tertiary alicyclic amines) is 5. The number of halogens is 11. The third-order valence-corrected chi connectivity index (χ3v) is 28.8. The van der Waals surface area contributed by atoms with Crippen LogP contribution in [0, 0.1) is 29.1 Å². The van der Waals surface area contributed by atoms with E-state index in [1.54, 1.807) is 48.8 Å². The maximum absolute atomic E-state index is 13.8. The molecule has 12 heterocycles. The van der Waals surface area contributed by atoms with Crippen molar-refractivity contribution in [3.63, 3.8) is 0 Å². The van der Waals surface area contributed by atoms with Gasteiger partial charge in [-0.2, -0.15) is 0 Å². The second kappa shape index (κ2) is 51.0. The molecule has 7 aromatic carbocycles. The van der Waals surface area contributed by atoms with E-state index in [4.69, 9.17) is 103 Å². The van der Waals surface area contributed by atoms with Crippen LogP contribution < -0.4 is 34.3 Å². The first-order valence-electron chi connectivity index (χ1n) is 50.6. The standard InChI is InChI=1S/C18H26FNO4.C17H23ClFNO3.C17H22ClNO3.C12H14ClNO.C12H14FNO.2C11H19NO3.C7H6BrFO.C6H3BrClF/c1-17(2,3)24-16(21)20-9-7-18(22,8-10-20)12-13-11-14(19)5-6-15(13)23-4;1-16(2,3)23-15(21)20-8-6-17(22,7-9-20)11-12-10-13(18)4-5-14(12)19;1-16(2,3)22-15(20)19-8-6-17(7-9-19)11-12-10-13(18)4-5-14(12)21-17;2*13-10-1-2-11-9(7-10)8-12(15-11)3-5-14-6-4-12;2*1-10(2,3)15-9(13)12-6-4-11(5-7-12)8-14-11;1-10-7-3-2-5(9)4-6(7)8;7-5-3-4(8)1-2-6(5)9/h5-6,11,22H,7-10,12H2,1-4H3;4-5,10,22H,6-9,11H2,1-3H3;4-5,10H,6-9,11H2,1-3H3;2*1-2,7,14H,3-6,8H2;2*4-8H2,1-3H3;2-4H,1H3;1-3H. The number of rotatable bonds is 6. The van der Waals surface area contributed by atoms with Gasteiger partial charge in [-0.05, 0) is 389 Å². The van der Waals surface area contributed by atoms with E-state index in [1.807, 2.05) is 140 Å². The van der Waals surface area contributed by atoms with Crippen molar-refractivity contribution in [1.82, 2.24) is 35.1 Å². The summed E-state index contributed by atoms with van der Waals surface area (Å²) in [5.74, 6) is 2.56. The summed E-state index contributed by atoms with van der Waals surface area (Å²) in [6.07, 6.45) is 13.1. The van der Waals surface area contributed by atoms with E-state index in [2.05, 4.69) is 42.5 Å². The van der Waals surface area contributed by atoms with Gasteiger partial charge in [0.2, 0.25) is 0 Å². The largest absolute Gasteiger partial charge is 0.496 e. The molecule has 26 nitrogen and oxygen atoms in total. The van der Waals surface area contributed by atoms with E-state index >= 15 is 0 Å². The fraction of sp³-hybridized carbons (Fsp3) is 0.577. The third kappa shape index (κ3) is 37.4. The Balaban J connectivity index is 0.000000160. The van der Waals surface area contributed by atoms with Gasteiger partial charge in [0.05, 0.1) is 58.8 Å². The molecule has 12 aliphatic heterocycles. The number of piperidine rings is 7. The molecule has 0 aliphatic carbocycles. The van der Waals surface area contributed by atoms with E-state index in [1.165, 1.54) is 92.1 Å². The lowest BCUT2D eigenvalue weighted by molar-refractivity contribution is -0.0330. The molecule has 148 heavy (non-hydrogen) atoms. The monoisotopic (exact) mass is 2270 g/mol. The van der Waals surface area contributed by atoms with Crippen molar-refractivity contribution in [2.45, 2.75) is 293 Å². The number of nitrogens with one attached hydrogen (secondary N) is 2. The fourth-order valence-corrected chi connectivity index (χ4v) is 20.2. The second-order valence-corrected chi connectivity index (χ2v) is 48.2. The molecule has 0 unspecified atom stereocenters. The smallest absolute Gasteiger partial charge is 0.410 e. The molecule has 0 atom stereocenters. The van der Waals surface area contributed by atoms with Crippen LogP contribution in [0.4, 0.5) is 45.9 Å². The number of benzene rings is 7. The van der Waals surface area contributed by atoms with E-state index in [0.29, 0.717) is 107 Å². The highest BCUT2D eigenvalue weighted by atomic mass is 79.9. The molecule has 9 saturated heterocycles. The van der Waals surface area contributed by atoms with Crippen molar-refractivity contribution in [1.29, 1.82) is 0 Å². The van der Waals surface area contributed by atoms with Crippen LogP contribution >= 0.6 is 78.3 Å². The predicted octanol–water partition coefficient (Wildman–Crippen LogP) is 24.7. The number of epoxide rings is 2. The molecule has 7 aromatic rings. The first-order valence-corrected chi connectivity index (χ1v) is 53.7. The number of ether oxygens (including phenoxy) is 12. The van der Waals surface area contributed by atoms with Gasteiger partial charge in [0, 0.05) is 136 Å². The molecule has 816 valence electrons. The summed E-state index contributed by atoms with van der Waals surface area (Å²) in [7, 11) is 3.06. The molecule has 0 radical (unpaired) electrons. The minimum Gasteiger partial charge on any atom is -0.496 e. The van der Waals surface area contributed by atoms with Crippen molar-refractivity contribution >= 4 is 109 Å². The number of methoxy groups -OCH3 is 2. The Morgan fingerprint density at radius 3 is 0.946 bits per heavy atom. The van der Waals surface area contributed by atoms with Gasteiger partial charge < -0.3 is 102 Å². The van der Waals surface area contributed by atoms with Crippen molar-refractivity contribution in [3.8, 4) is 28.7 Å². The van der Waals surface area contributed by atoms with E-state index in [9.17, 15) is 56.1 Å². The van der Waals surface area contributed by atoms with Crippen LogP contribution in [-0.4, -0.2) is 251 Å². The molecule has 4 N–H and O–H groups in total. The molecular formula is C111H146Br2Cl4F5N7O19. The number of aliphatic hydroxyl groups is 2. The summed E-state index contributed by atoms with van der Waals surface area (Å²) in [4.78, 5) is 68.2. The van der Waals surface area contributed by atoms with E-state index in [0.717, 1.165) is 182 Å². The summed E-state index contributed by atoms with van der Waals surface area (Å²) in [6, 6.07) is 33.7. The van der Waals surface area contributed by atoms with Gasteiger partial charge in [0.15, 0.2) is 0 Å². The van der Waals surface area contributed by atoms with E-state index < -0.39 is 39.2 Å². The lowest BCUT2D eigenvalue weighted by Gasteiger charge is -2.39. The molecule has 37 heteroatoms. The maximum atomic E-state index is 13.8. The molecule has 5 spiro atoms. The van der Waals surface area contributed by atoms with Crippen molar-refractivity contribution in [3.05, 3.63) is 213 Å². The van der Waals surface area contributed by atoms with Gasteiger partial charge in [-0.15, -0.1) is 0 Å². The number of hydrogen-bond acceptors (Lipinski definition) is 21. The summed E-state index contributed by atoms with van der Waals surface area (Å²) in [6.45, 7) is 39.7. The summed E-state index contributed by atoms with van der Waals surface area (Å²) < 4.78 is 132. The van der Waals surface area contributed by atoms with Crippen LogP contribution in [0.25, 0.3) is 0 Å². The lowest BCUT2D eigenvalue weighted by Crippen LogP contribution is -2.50. The fourth-order valence-electron chi connectivity index (χ4n) is 18.5. The van der Waals surface area contributed by atoms with Crippen molar-refractivity contribution < 1.29 is 113 Å². The van der Waals surface area contributed by atoms with Gasteiger partial charge >= 0.3 is 30.5 Å². The zero-order chi connectivity index (χ0) is 108. The SMILES string of the molecule is CC(C)(C)OC(=O)N1CCC(O)(Cc2cc(Cl)ccc2F)CC1.CC(C)(C)OC(=O)N1CCC2(CC1)CO2.CC(C)(C)OC(=O)N1CCC2(CC1)CO2.CC(C)(C)OC(=O)N1CCC2(CC1)Cc1cc(Cl)ccc1O2.COc1ccc(F)cc1Br.COc1ccc(F)cc1CC1(O)CCN(C(=O)OC(C)(C)C)CC1.Clc1ccc2c(c1)CC1(CCNCC1)O2.Fc1ccc(Cl)cc1Br.Fc1ccc2c(c1)CC1(CCNCC1)O2. The third-order valence-electron chi connectivity index (χ3n) is 26.7. The number of amides is 5. The van der Waals surface area contributed by atoms with Gasteiger partial charge in [0.1, 0.15) is 103 Å². The maximum Gasteiger partial charge on any atom is 0.410 e. The highest BCUT2D eigenvalue weighted by Gasteiger charge is 2.51.